The molecule has 1 aromatic carbocycles. The van der Waals surface area contributed by atoms with Gasteiger partial charge in [-0.15, -0.1) is 11.3 Å². The van der Waals surface area contributed by atoms with Crippen molar-refractivity contribution in [1.29, 1.82) is 0 Å². The molecule has 1 fully saturated rings. The third kappa shape index (κ3) is 3.34. The maximum atomic E-state index is 13.1. The fourth-order valence-corrected chi connectivity index (χ4v) is 5.91. The van der Waals surface area contributed by atoms with E-state index in [0.717, 1.165) is 36.1 Å². The fraction of sp³-hybridized carbons (Fsp3) is 0.412. The molecular weight excluding hydrogens is 333 g/mol. The Morgan fingerprint density at radius 3 is 2.52 bits per heavy atom. The summed E-state index contributed by atoms with van der Waals surface area (Å²) in [5, 5.41) is 2.01. The summed E-state index contributed by atoms with van der Waals surface area (Å²) in [6, 6.07) is 7.04. The number of hydrogen-bond acceptors (Lipinski definition) is 3. The molecule has 124 valence electrons. The first-order chi connectivity index (χ1) is 11.0. The van der Waals surface area contributed by atoms with Crippen molar-refractivity contribution in [3.8, 4) is 0 Å². The highest BCUT2D eigenvalue weighted by atomic mass is 32.2. The first kappa shape index (κ1) is 16.6. The number of rotatable bonds is 3. The zero-order chi connectivity index (χ0) is 16.4. The molecule has 6 heteroatoms. The number of sulfonamides is 1. The van der Waals surface area contributed by atoms with Crippen LogP contribution in [0.3, 0.4) is 0 Å². The average Bonchev–Trinajstić information content (AvgIpc) is 2.80. The van der Waals surface area contributed by atoms with Crippen LogP contribution in [0, 0.1) is 12.7 Å². The Labute approximate surface area is 140 Å². The summed E-state index contributed by atoms with van der Waals surface area (Å²) in [5.74, 6) is -0.425. The second kappa shape index (κ2) is 6.71. The van der Waals surface area contributed by atoms with Gasteiger partial charge in [-0.05, 0) is 61.0 Å². The van der Waals surface area contributed by atoms with Crippen LogP contribution in [-0.4, -0.2) is 19.3 Å². The minimum absolute atomic E-state index is 0.118. The zero-order valence-electron chi connectivity index (χ0n) is 13.0. The Hall–Kier alpha value is -1.24. The highest BCUT2D eigenvalue weighted by molar-refractivity contribution is 7.89. The predicted molar refractivity (Wildman–Crippen MR) is 90.6 cm³/mol. The highest BCUT2D eigenvalue weighted by Crippen LogP contribution is 2.38. The number of aryl methyl sites for hydroxylation is 1. The molecule has 0 radical (unpaired) electrons. The van der Waals surface area contributed by atoms with Gasteiger partial charge in [0.15, 0.2) is 0 Å². The summed E-state index contributed by atoms with van der Waals surface area (Å²) in [5.41, 5.74) is 1.14. The third-order valence-corrected chi connectivity index (χ3v) is 7.37. The Kier molecular flexibility index (Phi) is 4.85. The van der Waals surface area contributed by atoms with Crippen molar-refractivity contribution in [2.24, 2.45) is 0 Å². The minimum Gasteiger partial charge on any atom is -0.207 e. The van der Waals surface area contributed by atoms with E-state index in [1.807, 2.05) is 18.4 Å². The van der Waals surface area contributed by atoms with Crippen LogP contribution >= 0.6 is 11.3 Å². The molecule has 0 amide bonds. The molecule has 0 bridgehead atoms. The van der Waals surface area contributed by atoms with Gasteiger partial charge in [0.25, 0.3) is 0 Å². The lowest BCUT2D eigenvalue weighted by molar-refractivity contribution is 0.332. The van der Waals surface area contributed by atoms with Crippen LogP contribution in [0.4, 0.5) is 4.39 Å². The van der Waals surface area contributed by atoms with Gasteiger partial charge in [-0.1, -0.05) is 12.8 Å². The van der Waals surface area contributed by atoms with Crippen molar-refractivity contribution in [3.63, 3.8) is 0 Å². The van der Waals surface area contributed by atoms with E-state index < -0.39 is 15.8 Å². The van der Waals surface area contributed by atoms with Crippen molar-refractivity contribution >= 4 is 21.4 Å². The van der Waals surface area contributed by atoms with Crippen molar-refractivity contribution in [2.45, 2.75) is 43.5 Å². The maximum Gasteiger partial charge on any atom is 0.243 e. The molecule has 0 N–H and O–H groups in total. The van der Waals surface area contributed by atoms with Gasteiger partial charge in [0.1, 0.15) is 5.82 Å². The molecule has 1 aromatic heterocycles. The summed E-state index contributed by atoms with van der Waals surface area (Å²) in [7, 11) is -3.62. The fourth-order valence-electron chi connectivity index (χ4n) is 3.10. The molecule has 2 aromatic rings. The molecule has 1 saturated heterocycles. The number of hydrogen-bond donors (Lipinski definition) is 0. The van der Waals surface area contributed by atoms with Gasteiger partial charge in [0.05, 0.1) is 10.9 Å². The van der Waals surface area contributed by atoms with E-state index in [1.54, 1.807) is 15.6 Å². The molecule has 23 heavy (non-hydrogen) atoms. The SMILES string of the molecule is Cc1ccsc1[C@H]1CCCCCN1S(=O)(=O)c1ccc(F)cc1. The van der Waals surface area contributed by atoms with Crippen LogP contribution < -0.4 is 0 Å². The molecule has 1 atom stereocenters. The number of nitrogens with zero attached hydrogens (tertiary/aromatic N) is 1. The van der Waals surface area contributed by atoms with Gasteiger partial charge in [-0.2, -0.15) is 4.31 Å². The molecule has 0 spiro atoms. The Morgan fingerprint density at radius 2 is 1.87 bits per heavy atom. The number of benzene rings is 1. The molecule has 0 aliphatic carbocycles. The standard InChI is InChI=1S/C17H20FNO2S2/c1-13-10-12-22-17(13)16-5-3-2-4-11-19(16)23(20,21)15-8-6-14(18)7-9-15/h6-10,12,16H,2-5,11H2,1H3/t16-/m1/s1. The lowest BCUT2D eigenvalue weighted by Gasteiger charge is -2.29. The van der Waals surface area contributed by atoms with Crippen molar-refractivity contribution < 1.29 is 12.8 Å². The second-order valence-corrected chi connectivity index (χ2v) is 8.74. The molecule has 2 heterocycles. The minimum atomic E-state index is -3.62. The third-order valence-electron chi connectivity index (χ3n) is 4.33. The van der Waals surface area contributed by atoms with Crippen LogP contribution in [0.25, 0.3) is 0 Å². The molecule has 1 aliphatic heterocycles. The quantitative estimate of drug-likeness (QED) is 0.814. The monoisotopic (exact) mass is 353 g/mol. The molecule has 0 unspecified atom stereocenters. The average molecular weight is 353 g/mol. The van der Waals surface area contributed by atoms with Crippen molar-refractivity contribution in [2.75, 3.05) is 6.54 Å². The summed E-state index contributed by atoms with van der Waals surface area (Å²) < 4.78 is 40.9. The lowest BCUT2D eigenvalue weighted by Crippen LogP contribution is -2.34. The largest absolute Gasteiger partial charge is 0.243 e. The number of halogens is 1. The van der Waals surface area contributed by atoms with Gasteiger partial charge in [-0.25, -0.2) is 12.8 Å². The summed E-state index contributed by atoms with van der Waals surface area (Å²) in [6.45, 7) is 2.54. The topological polar surface area (TPSA) is 37.4 Å². The first-order valence-corrected chi connectivity index (χ1v) is 10.1. The molecule has 1 aliphatic rings. The Balaban J connectivity index is 2.02. The van der Waals surface area contributed by atoms with Crippen LogP contribution in [-0.2, 0) is 10.0 Å². The van der Waals surface area contributed by atoms with E-state index in [2.05, 4.69) is 0 Å². The Bertz CT molecular complexity index is 768. The Morgan fingerprint density at radius 1 is 1.13 bits per heavy atom. The summed E-state index contributed by atoms with van der Waals surface area (Å²) in [4.78, 5) is 1.29. The van der Waals surface area contributed by atoms with Gasteiger partial charge in [0, 0.05) is 11.4 Å². The van der Waals surface area contributed by atoms with E-state index >= 15 is 0 Å². The van der Waals surface area contributed by atoms with E-state index in [9.17, 15) is 12.8 Å². The van der Waals surface area contributed by atoms with Crippen LogP contribution in [0.2, 0.25) is 0 Å². The van der Waals surface area contributed by atoms with E-state index in [1.165, 1.54) is 24.3 Å². The van der Waals surface area contributed by atoms with Crippen molar-refractivity contribution in [3.05, 3.63) is 52.0 Å². The van der Waals surface area contributed by atoms with Crippen molar-refractivity contribution in [1.82, 2.24) is 4.31 Å². The zero-order valence-corrected chi connectivity index (χ0v) is 14.7. The number of thiophene rings is 1. The van der Waals surface area contributed by atoms with Crippen LogP contribution in [0.1, 0.15) is 42.2 Å². The van der Waals surface area contributed by atoms with E-state index in [0.29, 0.717) is 6.54 Å². The van der Waals surface area contributed by atoms with Gasteiger partial charge in [0.2, 0.25) is 10.0 Å². The highest BCUT2D eigenvalue weighted by Gasteiger charge is 2.34. The first-order valence-electron chi connectivity index (χ1n) is 7.81. The normalized spacial score (nSPS) is 20.3. The van der Waals surface area contributed by atoms with Crippen LogP contribution in [0.15, 0.2) is 40.6 Å². The van der Waals surface area contributed by atoms with Crippen LogP contribution in [0.5, 0.6) is 0 Å². The van der Waals surface area contributed by atoms with E-state index in [4.69, 9.17) is 0 Å². The van der Waals surface area contributed by atoms with Gasteiger partial charge >= 0.3 is 0 Å². The molecule has 0 saturated carbocycles. The van der Waals surface area contributed by atoms with Gasteiger partial charge < -0.3 is 0 Å². The summed E-state index contributed by atoms with van der Waals surface area (Å²) in [6.07, 6.45) is 3.76. The van der Waals surface area contributed by atoms with Gasteiger partial charge in [-0.3, -0.25) is 0 Å². The maximum absolute atomic E-state index is 13.1. The second-order valence-electron chi connectivity index (χ2n) is 5.90. The molecular formula is C17H20FNO2S2. The summed E-state index contributed by atoms with van der Waals surface area (Å²) >= 11 is 1.62. The molecule has 3 rings (SSSR count). The smallest absolute Gasteiger partial charge is 0.207 e. The van der Waals surface area contributed by atoms with E-state index in [-0.39, 0.29) is 10.9 Å². The predicted octanol–water partition coefficient (Wildman–Crippen LogP) is 4.50. The lowest BCUT2D eigenvalue weighted by atomic mass is 10.1. The molecule has 3 nitrogen and oxygen atoms in total.